The molecule has 7 nitrogen and oxygen atoms in total. The number of nitrogens with zero attached hydrogens (tertiary/aromatic N) is 1. The van der Waals surface area contributed by atoms with Gasteiger partial charge in [0.15, 0.2) is 0 Å². The summed E-state index contributed by atoms with van der Waals surface area (Å²) in [6.07, 6.45) is 3.03. The summed E-state index contributed by atoms with van der Waals surface area (Å²) in [5, 5.41) is 3.06. The first-order chi connectivity index (χ1) is 15.3. The quantitative estimate of drug-likeness (QED) is 0.622. The summed E-state index contributed by atoms with van der Waals surface area (Å²) in [5.74, 6) is 0.208. The fourth-order valence-corrected chi connectivity index (χ4v) is 5.51. The molecule has 174 valence electrons. The maximum absolute atomic E-state index is 13.3. The number of rotatable bonds is 9. The van der Waals surface area contributed by atoms with Crippen LogP contribution in [0.2, 0.25) is 0 Å². The number of carbonyl (C=O) groups is 1. The van der Waals surface area contributed by atoms with Gasteiger partial charge in [0.25, 0.3) is 0 Å². The van der Waals surface area contributed by atoms with Crippen LogP contribution in [0.5, 0.6) is 5.75 Å². The SMILES string of the molecule is CC[C@H](C(=O)NCC1(c2ccccc2)CCOCC1)N(c1cccc(OC)c1)S(C)(=O)=O. The Bertz CT molecular complexity index is 1000. The lowest BCUT2D eigenvalue weighted by Crippen LogP contribution is -2.52. The topological polar surface area (TPSA) is 84.9 Å². The summed E-state index contributed by atoms with van der Waals surface area (Å²) in [6, 6.07) is 16.0. The summed E-state index contributed by atoms with van der Waals surface area (Å²) in [4.78, 5) is 13.3. The number of amides is 1. The molecule has 3 rings (SSSR count). The molecule has 0 bridgehead atoms. The van der Waals surface area contributed by atoms with Gasteiger partial charge in [-0.05, 0) is 37.0 Å². The molecule has 0 saturated carbocycles. The molecule has 1 N–H and O–H groups in total. The molecule has 0 unspecified atom stereocenters. The predicted octanol–water partition coefficient (Wildman–Crippen LogP) is 3.10. The van der Waals surface area contributed by atoms with Crippen LogP contribution >= 0.6 is 0 Å². The van der Waals surface area contributed by atoms with E-state index in [-0.39, 0.29) is 11.3 Å². The van der Waals surface area contributed by atoms with E-state index in [0.717, 1.165) is 24.7 Å². The van der Waals surface area contributed by atoms with Crippen LogP contribution in [0.4, 0.5) is 5.69 Å². The van der Waals surface area contributed by atoms with Crippen LogP contribution in [0.25, 0.3) is 0 Å². The molecule has 1 heterocycles. The smallest absolute Gasteiger partial charge is 0.243 e. The standard InChI is InChI=1S/C24H32N2O5S/c1-4-22(26(32(3,28)29)20-11-8-12-21(17-20)30-2)23(27)25-18-24(13-15-31-16-14-24)19-9-6-5-7-10-19/h5-12,17,22H,4,13-16,18H2,1-3H3,(H,25,27)/t22-/m1/s1. The van der Waals surface area contributed by atoms with Crippen molar-refractivity contribution in [2.75, 3.05) is 37.4 Å². The minimum Gasteiger partial charge on any atom is -0.497 e. The molecule has 32 heavy (non-hydrogen) atoms. The third-order valence-corrected chi connectivity index (χ3v) is 7.25. The van der Waals surface area contributed by atoms with E-state index in [0.29, 0.717) is 37.6 Å². The number of hydrogen-bond donors (Lipinski definition) is 1. The Kier molecular flexibility index (Phi) is 7.79. The number of sulfonamides is 1. The summed E-state index contributed by atoms with van der Waals surface area (Å²) in [5.41, 5.74) is 1.32. The van der Waals surface area contributed by atoms with Crippen LogP contribution < -0.4 is 14.4 Å². The molecule has 8 heteroatoms. The number of methoxy groups -OCH3 is 1. The average Bonchev–Trinajstić information content (AvgIpc) is 2.81. The number of carbonyl (C=O) groups excluding carboxylic acids is 1. The van der Waals surface area contributed by atoms with Crippen LogP contribution in [0, 0.1) is 0 Å². The van der Waals surface area contributed by atoms with E-state index in [9.17, 15) is 13.2 Å². The molecule has 1 aliphatic rings. The van der Waals surface area contributed by atoms with Gasteiger partial charge in [0.1, 0.15) is 11.8 Å². The molecule has 1 atom stereocenters. The second kappa shape index (κ2) is 10.4. The Labute approximate surface area is 190 Å². The molecule has 0 radical (unpaired) electrons. The van der Waals surface area contributed by atoms with Gasteiger partial charge in [-0.3, -0.25) is 9.10 Å². The zero-order chi connectivity index (χ0) is 23.2. The van der Waals surface area contributed by atoms with E-state index < -0.39 is 16.1 Å². The van der Waals surface area contributed by atoms with Crippen molar-refractivity contribution in [2.24, 2.45) is 0 Å². The number of nitrogens with one attached hydrogen (secondary N) is 1. The van der Waals surface area contributed by atoms with Crippen molar-refractivity contribution in [1.29, 1.82) is 0 Å². The summed E-state index contributed by atoms with van der Waals surface area (Å²) >= 11 is 0. The van der Waals surface area contributed by atoms with E-state index in [4.69, 9.17) is 9.47 Å². The minimum atomic E-state index is -3.71. The lowest BCUT2D eigenvalue weighted by molar-refractivity contribution is -0.122. The Morgan fingerprint density at radius 3 is 2.44 bits per heavy atom. The number of hydrogen-bond acceptors (Lipinski definition) is 5. The van der Waals surface area contributed by atoms with Crippen LogP contribution in [0.1, 0.15) is 31.7 Å². The Morgan fingerprint density at radius 2 is 1.84 bits per heavy atom. The second-order valence-electron chi connectivity index (χ2n) is 8.16. The van der Waals surface area contributed by atoms with Crippen LogP contribution in [0.3, 0.4) is 0 Å². The maximum atomic E-state index is 13.3. The van der Waals surface area contributed by atoms with E-state index in [1.165, 1.54) is 11.4 Å². The van der Waals surface area contributed by atoms with Gasteiger partial charge in [0.05, 0.1) is 19.1 Å². The van der Waals surface area contributed by atoms with E-state index in [2.05, 4.69) is 17.4 Å². The van der Waals surface area contributed by atoms with Crippen LogP contribution in [0.15, 0.2) is 54.6 Å². The lowest BCUT2D eigenvalue weighted by atomic mass is 9.74. The first-order valence-electron chi connectivity index (χ1n) is 10.9. The van der Waals surface area contributed by atoms with Gasteiger partial charge >= 0.3 is 0 Å². The highest BCUT2D eigenvalue weighted by Crippen LogP contribution is 2.34. The van der Waals surface area contributed by atoms with Crippen LogP contribution in [-0.4, -0.2) is 53.5 Å². The zero-order valence-electron chi connectivity index (χ0n) is 18.9. The molecule has 0 aromatic heterocycles. The minimum absolute atomic E-state index is 0.237. The third-order valence-electron chi connectivity index (χ3n) is 6.07. The molecule has 1 aliphatic heterocycles. The van der Waals surface area contributed by atoms with E-state index in [1.54, 1.807) is 24.3 Å². The van der Waals surface area contributed by atoms with Gasteiger partial charge in [-0.2, -0.15) is 0 Å². The monoisotopic (exact) mass is 460 g/mol. The third kappa shape index (κ3) is 5.42. The Balaban J connectivity index is 1.86. The van der Waals surface area contributed by atoms with Crippen molar-refractivity contribution in [2.45, 2.75) is 37.6 Å². The first-order valence-corrected chi connectivity index (χ1v) is 12.7. The number of benzene rings is 2. The van der Waals surface area contributed by atoms with Gasteiger partial charge in [-0.15, -0.1) is 0 Å². The molecule has 2 aromatic carbocycles. The van der Waals surface area contributed by atoms with Crippen LogP contribution in [-0.2, 0) is 25.0 Å². The highest BCUT2D eigenvalue weighted by Gasteiger charge is 2.37. The molecule has 1 amide bonds. The fourth-order valence-electron chi connectivity index (χ4n) is 4.30. The normalized spacial score (nSPS) is 16.7. The van der Waals surface area contributed by atoms with Crippen molar-refractivity contribution in [1.82, 2.24) is 5.32 Å². The molecule has 1 saturated heterocycles. The van der Waals surface area contributed by atoms with Crippen molar-refractivity contribution in [3.63, 3.8) is 0 Å². The van der Waals surface area contributed by atoms with Gasteiger partial charge in [-0.25, -0.2) is 8.42 Å². The van der Waals surface area contributed by atoms with Gasteiger partial charge in [0, 0.05) is 31.2 Å². The molecule has 0 spiro atoms. The first kappa shape index (κ1) is 24.1. The Morgan fingerprint density at radius 1 is 1.16 bits per heavy atom. The molecule has 1 fully saturated rings. The highest BCUT2D eigenvalue weighted by atomic mass is 32.2. The molecule has 0 aliphatic carbocycles. The number of anilines is 1. The summed E-state index contributed by atoms with van der Waals surface area (Å²) < 4.78 is 37.4. The largest absolute Gasteiger partial charge is 0.497 e. The predicted molar refractivity (Wildman–Crippen MR) is 126 cm³/mol. The van der Waals surface area contributed by atoms with Crippen molar-refractivity contribution < 1.29 is 22.7 Å². The molecular formula is C24H32N2O5S. The molecule has 2 aromatic rings. The fraction of sp³-hybridized carbons (Fsp3) is 0.458. The Hall–Kier alpha value is -2.58. The van der Waals surface area contributed by atoms with Crippen molar-refractivity contribution >= 4 is 21.6 Å². The summed E-state index contributed by atoms with van der Waals surface area (Å²) in [7, 11) is -2.19. The highest BCUT2D eigenvalue weighted by molar-refractivity contribution is 7.92. The van der Waals surface area contributed by atoms with Gasteiger partial charge < -0.3 is 14.8 Å². The zero-order valence-corrected chi connectivity index (χ0v) is 19.7. The van der Waals surface area contributed by atoms with Crippen molar-refractivity contribution in [3.05, 3.63) is 60.2 Å². The van der Waals surface area contributed by atoms with Gasteiger partial charge in [0.2, 0.25) is 15.9 Å². The lowest BCUT2D eigenvalue weighted by Gasteiger charge is -2.39. The van der Waals surface area contributed by atoms with Gasteiger partial charge in [-0.1, -0.05) is 43.3 Å². The van der Waals surface area contributed by atoms with E-state index >= 15 is 0 Å². The average molecular weight is 461 g/mol. The van der Waals surface area contributed by atoms with Crippen molar-refractivity contribution in [3.8, 4) is 5.75 Å². The summed E-state index contributed by atoms with van der Waals surface area (Å²) in [6.45, 7) is 3.48. The second-order valence-corrected chi connectivity index (χ2v) is 10.0. The maximum Gasteiger partial charge on any atom is 0.243 e. The molecular weight excluding hydrogens is 428 g/mol. The number of ether oxygens (including phenoxy) is 2. The van der Waals surface area contributed by atoms with E-state index in [1.807, 2.05) is 25.1 Å².